The Morgan fingerprint density at radius 1 is 0.188 bits per heavy atom. The van der Waals surface area contributed by atoms with Crippen LogP contribution in [0.2, 0.25) is 0 Å². The van der Waals surface area contributed by atoms with E-state index >= 15 is 0 Å². The average molecular weight is 1220 g/mol. The fourth-order valence-electron chi connectivity index (χ4n) is 13.1. The highest BCUT2D eigenvalue weighted by Crippen LogP contribution is 2.41. The van der Waals surface area contributed by atoms with Crippen LogP contribution in [-0.2, 0) is 0 Å². The van der Waals surface area contributed by atoms with Gasteiger partial charge in [0.05, 0.1) is 27.9 Å². The maximum absolute atomic E-state index is 5.23. The van der Waals surface area contributed by atoms with Crippen LogP contribution in [0, 0.1) is 0 Å². The van der Waals surface area contributed by atoms with Crippen molar-refractivity contribution in [2.75, 3.05) is 0 Å². The predicted molar refractivity (Wildman–Crippen MR) is 402 cm³/mol. The highest BCUT2D eigenvalue weighted by molar-refractivity contribution is 6.02. The third kappa shape index (κ3) is 12.3. The molecule has 17 aromatic rings. The van der Waals surface area contributed by atoms with Gasteiger partial charge in [0.1, 0.15) is 0 Å². The SMILES string of the molecule is c1ccc(-c2ccc(-c3ccc4nc(-c5ccc(-c6ccccc6)cc5)cc(-c5cccc(-c6cccc7cccnc67)c5)c4c3)cc2)cc1.c1ccc(-c2ccc(-c3ccc4nc(-c5ccc(-c6ccccc6)cc5)cc(-c5cccc(-c6cccnc6)c5)c4c3)cc2)cc1. The first-order chi connectivity index (χ1) is 47.5. The first kappa shape index (κ1) is 58.3. The van der Waals surface area contributed by atoms with Gasteiger partial charge in [-0.3, -0.25) is 9.97 Å². The lowest BCUT2D eigenvalue weighted by atomic mass is 9.92. The van der Waals surface area contributed by atoms with Crippen molar-refractivity contribution < 1.29 is 0 Å². The van der Waals surface area contributed by atoms with E-state index in [9.17, 15) is 0 Å². The van der Waals surface area contributed by atoms with Crippen molar-refractivity contribution in [3.63, 3.8) is 0 Å². The molecule has 0 amide bonds. The third-order valence-electron chi connectivity index (χ3n) is 18.1. The van der Waals surface area contributed by atoms with Gasteiger partial charge in [-0.1, -0.05) is 297 Å². The van der Waals surface area contributed by atoms with Gasteiger partial charge in [0.25, 0.3) is 0 Å². The number of nitrogens with zero attached hydrogens (tertiary/aromatic N) is 4. The van der Waals surface area contributed by atoms with Crippen LogP contribution in [-0.4, -0.2) is 19.9 Å². The Morgan fingerprint density at radius 3 is 0.927 bits per heavy atom. The van der Waals surface area contributed by atoms with E-state index in [0.29, 0.717) is 0 Å². The zero-order valence-electron chi connectivity index (χ0n) is 52.6. The number of pyridine rings is 4. The summed E-state index contributed by atoms with van der Waals surface area (Å²) in [5.41, 5.74) is 30.4. The summed E-state index contributed by atoms with van der Waals surface area (Å²) in [5.74, 6) is 0. The summed E-state index contributed by atoms with van der Waals surface area (Å²) in [6.07, 6.45) is 5.60. The quantitative estimate of drug-likeness (QED) is 0.122. The Hall–Kier alpha value is -12.8. The molecular formula is C92H62N4. The minimum absolute atomic E-state index is 0.948. The summed E-state index contributed by atoms with van der Waals surface area (Å²) in [7, 11) is 0. The molecule has 0 atom stereocenters. The van der Waals surface area contributed by atoms with E-state index in [4.69, 9.17) is 15.0 Å². The van der Waals surface area contributed by atoms with Crippen LogP contribution in [0.1, 0.15) is 0 Å². The summed E-state index contributed by atoms with van der Waals surface area (Å²) in [5, 5.41) is 3.37. The van der Waals surface area contributed by atoms with E-state index < -0.39 is 0 Å². The second-order valence-corrected chi connectivity index (χ2v) is 24.1. The number of hydrogen-bond acceptors (Lipinski definition) is 4. The lowest BCUT2D eigenvalue weighted by molar-refractivity contribution is 1.33. The zero-order valence-corrected chi connectivity index (χ0v) is 52.6. The van der Waals surface area contributed by atoms with Gasteiger partial charge in [-0.25, -0.2) is 9.97 Å². The summed E-state index contributed by atoms with van der Waals surface area (Å²) >= 11 is 0. The molecule has 0 saturated carbocycles. The third-order valence-corrected chi connectivity index (χ3v) is 18.1. The molecule has 0 aliphatic rings. The lowest BCUT2D eigenvalue weighted by Crippen LogP contribution is -1.92. The van der Waals surface area contributed by atoms with Crippen LogP contribution in [0.15, 0.2) is 377 Å². The molecule has 0 bridgehead atoms. The highest BCUT2D eigenvalue weighted by atomic mass is 14.7. The van der Waals surface area contributed by atoms with E-state index in [2.05, 4.69) is 345 Å². The van der Waals surface area contributed by atoms with Gasteiger partial charge >= 0.3 is 0 Å². The van der Waals surface area contributed by atoms with Crippen molar-refractivity contribution in [3.8, 4) is 134 Å². The molecule has 13 aromatic carbocycles. The molecular weight excluding hydrogens is 1160 g/mol. The zero-order chi connectivity index (χ0) is 64.0. The summed E-state index contributed by atoms with van der Waals surface area (Å²) in [6.45, 7) is 0. The second-order valence-electron chi connectivity index (χ2n) is 24.1. The van der Waals surface area contributed by atoms with Crippen molar-refractivity contribution in [2.45, 2.75) is 0 Å². The van der Waals surface area contributed by atoms with E-state index in [1.54, 1.807) is 0 Å². The minimum Gasteiger partial charge on any atom is -0.264 e. The molecule has 4 nitrogen and oxygen atoms in total. The normalized spacial score (nSPS) is 11.1. The first-order valence-corrected chi connectivity index (χ1v) is 32.5. The fourth-order valence-corrected chi connectivity index (χ4v) is 13.1. The van der Waals surface area contributed by atoms with Crippen molar-refractivity contribution in [3.05, 3.63) is 377 Å². The van der Waals surface area contributed by atoms with Gasteiger partial charge in [-0.05, 0) is 161 Å². The van der Waals surface area contributed by atoms with E-state index in [0.717, 1.165) is 105 Å². The largest absolute Gasteiger partial charge is 0.264 e. The molecule has 0 aliphatic carbocycles. The number of rotatable bonds is 12. The number of hydrogen-bond donors (Lipinski definition) is 0. The molecule has 4 heteroatoms. The molecule has 0 unspecified atom stereocenters. The number of fused-ring (bicyclic) bond motifs is 3. The average Bonchev–Trinajstić information content (AvgIpc) is 0.795. The van der Waals surface area contributed by atoms with Crippen molar-refractivity contribution in [1.82, 2.24) is 19.9 Å². The number of benzene rings is 13. The maximum Gasteiger partial charge on any atom is 0.0780 e. The van der Waals surface area contributed by atoms with Crippen LogP contribution in [0.3, 0.4) is 0 Å². The molecule has 0 spiro atoms. The number of aromatic nitrogens is 4. The Balaban J connectivity index is 0.000000152. The van der Waals surface area contributed by atoms with Gasteiger partial charge < -0.3 is 0 Å². The Bertz CT molecular complexity index is 5560. The van der Waals surface area contributed by atoms with Crippen LogP contribution < -0.4 is 0 Å². The standard InChI is InChI=1S/C48H32N2.C44H30N2/c1-3-10-33(11-4-1)35-19-21-37(22-20-35)40-27-28-46-45(31-40)44(32-47(50-46)38-25-23-36(24-26-38)34-12-5-2-6-13-34)42-16-7-15-41(30-42)43-18-8-14-39-17-9-29-49-48(39)43;1-3-9-31(10-4-1)33-16-18-35(19-17-33)38-24-25-43-42(28-38)41(39-14-7-13-37(27-39)40-15-8-26-45-30-40)29-44(46-43)36-22-20-34(21-23-36)32-11-5-2-6-12-32/h1-32H;1-30H. The molecule has 0 saturated heterocycles. The van der Waals surface area contributed by atoms with E-state index in [1.165, 1.54) is 61.2 Å². The Kier molecular flexibility index (Phi) is 16.1. The molecule has 0 aliphatic heterocycles. The van der Waals surface area contributed by atoms with Crippen molar-refractivity contribution in [2.24, 2.45) is 0 Å². The van der Waals surface area contributed by atoms with Gasteiger partial charge in [0.15, 0.2) is 0 Å². The molecule has 450 valence electrons. The van der Waals surface area contributed by atoms with Crippen LogP contribution in [0.25, 0.3) is 166 Å². The van der Waals surface area contributed by atoms with Crippen LogP contribution in [0.4, 0.5) is 0 Å². The van der Waals surface area contributed by atoms with E-state index in [-0.39, 0.29) is 0 Å². The molecule has 0 radical (unpaired) electrons. The number of para-hydroxylation sites is 1. The smallest absolute Gasteiger partial charge is 0.0780 e. The molecule has 96 heavy (non-hydrogen) atoms. The van der Waals surface area contributed by atoms with Crippen LogP contribution >= 0.6 is 0 Å². The minimum atomic E-state index is 0.948. The van der Waals surface area contributed by atoms with Gasteiger partial charge in [0.2, 0.25) is 0 Å². The molecule has 0 N–H and O–H groups in total. The summed E-state index contributed by atoms with van der Waals surface area (Å²) < 4.78 is 0. The van der Waals surface area contributed by atoms with Crippen LogP contribution in [0.5, 0.6) is 0 Å². The van der Waals surface area contributed by atoms with Crippen molar-refractivity contribution in [1.29, 1.82) is 0 Å². The fraction of sp³-hybridized carbons (Fsp3) is 0. The molecule has 17 rings (SSSR count). The Labute approximate surface area is 559 Å². The second kappa shape index (κ2) is 26.5. The summed E-state index contributed by atoms with van der Waals surface area (Å²) in [4.78, 5) is 19.5. The van der Waals surface area contributed by atoms with Crippen molar-refractivity contribution >= 4 is 32.7 Å². The van der Waals surface area contributed by atoms with Gasteiger partial charge in [0, 0.05) is 57.0 Å². The van der Waals surface area contributed by atoms with E-state index in [1.807, 2.05) is 36.8 Å². The molecule has 0 fully saturated rings. The monoisotopic (exact) mass is 1220 g/mol. The van der Waals surface area contributed by atoms with Gasteiger partial charge in [-0.2, -0.15) is 0 Å². The maximum atomic E-state index is 5.23. The topological polar surface area (TPSA) is 51.6 Å². The lowest BCUT2D eigenvalue weighted by Gasteiger charge is -2.14. The summed E-state index contributed by atoms with van der Waals surface area (Å²) in [6, 6.07) is 127. The predicted octanol–water partition coefficient (Wildman–Crippen LogP) is 24.4. The first-order valence-electron chi connectivity index (χ1n) is 32.5. The molecule has 4 heterocycles. The Morgan fingerprint density at radius 2 is 0.500 bits per heavy atom. The highest BCUT2D eigenvalue weighted by Gasteiger charge is 2.17. The van der Waals surface area contributed by atoms with Gasteiger partial charge in [-0.15, -0.1) is 0 Å². The molecule has 4 aromatic heterocycles.